The first-order valence-corrected chi connectivity index (χ1v) is 10.7. The van der Waals surface area contributed by atoms with Crippen molar-refractivity contribution in [2.24, 2.45) is 0 Å². The summed E-state index contributed by atoms with van der Waals surface area (Å²) < 4.78 is 11.4. The zero-order valence-electron chi connectivity index (χ0n) is 16.7. The highest BCUT2D eigenvalue weighted by Gasteiger charge is 2.15. The summed E-state index contributed by atoms with van der Waals surface area (Å²) in [7, 11) is 1.62. The van der Waals surface area contributed by atoms with Crippen molar-refractivity contribution in [3.05, 3.63) is 57.6 Å². The van der Waals surface area contributed by atoms with Crippen LogP contribution < -0.4 is 14.8 Å². The normalized spacial score (nSPS) is 15.4. The van der Waals surface area contributed by atoms with Crippen LogP contribution in [0.25, 0.3) is 0 Å². The molecule has 0 aromatic heterocycles. The van der Waals surface area contributed by atoms with Crippen molar-refractivity contribution in [1.82, 2.24) is 10.2 Å². The number of hydrogen-bond donors (Lipinski definition) is 2. The minimum Gasteiger partial charge on any atom is -0.493 e. The van der Waals surface area contributed by atoms with Gasteiger partial charge in [0, 0.05) is 35.2 Å². The molecule has 7 heteroatoms. The number of nitrogens with one attached hydrogen (secondary N) is 1. The molecule has 0 bridgehead atoms. The van der Waals surface area contributed by atoms with Gasteiger partial charge in [0.25, 0.3) is 0 Å². The average molecular weight is 439 g/mol. The monoisotopic (exact) mass is 438 g/mol. The number of likely N-dealkylation sites (tertiary alicyclic amines) is 1. The van der Waals surface area contributed by atoms with Crippen molar-refractivity contribution in [2.75, 3.05) is 33.3 Å². The van der Waals surface area contributed by atoms with E-state index in [-0.39, 0.29) is 6.10 Å². The average Bonchev–Trinajstić information content (AvgIpc) is 3.20. The summed E-state index contributed by atoms with van der Waals surface area (Å²) in [6.07, 6.45) is 2.11. The van der Waals surface area contributed by atoms with Crippen LogP contribution in [0.2, 0.25) is 10.0 Å². The second-order valence-electron chi connectivity index (χ2n) is 7.30. The standard InChI is InChI=1S/C22H28Cl2N2O3/c1-28-22-10-16(12-25-13-19(27)14-26-8-2-3-9-26)4-7-21(22)29-15-17-5-6-18(23)11-20(17)24/h4-7,10-11,19,25,27H,2-3,8-9,12-15H2,1H3. The molecular weight excluding hydrogens is 411 g/mol. The molecule has 2 aromatic carbocycles. The van der Waals surface area contributed by atoms with E-state index in [2.05, 4.69) is 10.2 Å². The minimum atomic E-state index is -0.360. The van der Waals surface area contributed by atoms with Gasteiger partial charge in [-0.05, 0) is 55.8 Å². The van der Waals surface area contributed by atoms with Crippen molar-refractivity contribution in [3.8, 4) is 11.5 Å². The molecule has 0 amide bonds. The topological polar surface area (TPSA) is 54.0 Å². The maximum absolute atomic E-state index is 10.2. The highest BCUT2D eigenvalue weighted by atomic mass is 35.5. The molecule has 0 saturated carbocycles. The molecule has 1 aliphatic rings. The van der Waals surface area contributed by atoms with E-state index < -0.39 is 0 Å². The van der Waals surface area contributed by atoms with Gasteiger partial charge in [0.15, 0.2) is 11.5 Å². The number of aliphatic hydroxyl groups is 1. The van der Waals surface area contributed by atoms with Gasteiger partial charge in [-0.1, -0.05) is 35.3 Å². The number of β-amino-alcohol motifs (C(OH)–C–C–N with tert-alkyl or cyclic N) is 1. The van der Waals surface area contributed by atoms with E-state index >= 15 is 0 Å². The molecule has 1 aliphatic heterocycles. The third kappa shape index (κ3) is 6.76. The zero-order chi connectivity index (χ0) is 20.6. The highest BCUT2D eigenvalue weighted by molar-refractivity contribution is 6.35. The number of hydrogen-bond acceptors (Lipinski definition) is 5. The van der Waals surface area contributed by atoms with Gasteiger partial charge in [0.1, 0.15) is 6.61 Å². The molecule has 1 atom stereocenters. The van der Waals surface area contributed by atoms with Crippen LogP contribution in [0.4, 0.5) is 0 Å². The van der Waals surface area contributed by atoms with Crippen molar-refractivity contribution in [3.63, 3.8) is 0 Å². The summed E-state index contributed by atoms with van der Waals surface area (Å²) in [6, 6.07) is 11.2. The molecule has 1 heterocycles. The largest absolute Gasteiger partial charge is 0.493 e. The van der Waals surface area contributed by atoms with Crippen LogP contribution in [0.5, 0.6) is 11.5 Å². The Morgan fingerprint density at radius 1 is 1.10 bits per heavy atom. The lowest BCUT2D eigenvalue weighted by Gasteiger charge is -2.19. The fourth-order valence-corrected chi connectivity index (χ4v) is 3.91. The maximum atomic E-state index is 10.2. The summed E-state index contributed by atoms with van der Waals surface area (Å²) in [5.41, 5.74) is 1.92. The van der Waals surface area contributed by atoms with E-state index in [0.29, 0.717) is 41.2 Å². The van der Waals surface area contributed by atoms with Gasteiger partial charge >= 0.3 is 0 Å². The van der Waals surface area contributed by atoms with Crippen LogP contribution >= 0.6 is 23.2 Å². The fraction of sp³-hybridized carbons (Fsp3) is 0.455. The van der Waals surface area contributed by atoms with E-state index in [4.69, 9.17) is 32.7 Å². The Hall–Kier alpha value is -1.50. The van der Waals surface area contributed by atoms with Gasteiger partial charge in [0.2, 0.25) is 0 Å². The second-order valence-corrected chi connectivity index (χ2v) is 8.15. The summed E-state index contributed by atoms with van der Waals surface area (Å²) in [6.45, 7) is 4.46. The molecular formula is C22H28Cl2N2O3. The first kappa shape index (κ1) is 22.2. The molecule has 29 heavy (non-hydrogen) atoms. The minimum absolute atomic E-state index is 0.326. The Kier molecular flexibility index (Phi) is 8.45. The van der Waals surface area contributed by atoms with Crippen LogP contribution in [-0.4, -0.2) is 49.4 Å². The quantitative estimate of drug-likeness (QED) is 0.583. The number of rotatable bonds is 10. The summed E-state index contributed by atoms with van der Waals surface area (Å²) in [5.74, 6) is 1.31. The SMILES string of the molecule is COc1cc(CNCC(O)CN2CCCC2)ccc1OCc1ccc(Cl)cc1Cl. The van der Waals surface area contributed by atoms with Crippen LogP contribution in [0.15, 0.2) is 36.4 Å². The lowest BCUT2D eigenvalue weighted by atomic mass is 10.2. The molecule has 1 fully saturated rings. The Labute approximate surface area is 182 Å². The smallest absolute Gasteiger partial charge is 0.161 e. The lowest BCUT2D eigenvalue weighted by molar-refractivity contribution is 0.123. The van der Waals surface area contributed by atoms with Gasteiger partial charge in [-0.2, -0.15) is 0 Å². The summed E-state index contributed by atoms with van der Waals surface area (Å²) in [5, 5.41) is 14.7. The van der Waals surface area contributed by atoms with Crippen LogP contribution in [0.1, 0.15) is 24.0 Å². The van der Waals surface area contributed by atoms with E-state index in [1.807, 2.05) is 24.3 Å². The van der Waals surface area contributed by atoms with Crippen molar-refractivity contribution in [1.29, 1.82) is 0 Å². The van der Waals surface area contributed by atoms with Gasteiger partial charge in [0.05, 0.1) is 13.2 Å². The number of nitrogens with zero attached hydrogens (tertiary/aromatic N) is 1. The first-order chi connectivity index (χ1) is 14.0. The molecule has 0 spiro atoms. The third-order valence-corrected chi connectivity index (χ3v) is 5.59. The molecule has 1 saturated heterocycles. The third-order valence-electron chi connectivity index (χ3n) is 5.00. The molecule has 0 aliphatic carbocycles. The first-order valence-electron chi connectivity index (χ1n) is 9.90. The Bertz CT molecular complexity index is 798. The Balaban J connectivity index is 1.50. The van der Waals surface area contributed by atoms with Gasteiger partial charge in [-0.15, -0.1) is 0 Å². The lowest BCUT2D eigenvalue weighted by Crippen LogP contribution is -2.36. The molecule has 2 N–H and O–H groups in total. The zero-order valence-corrected chi connectivity index (χ0v) is 18.2. The number of aliphatic hydroxyl groups excluding tert-OH is 1. The van der Waals surface area contributed by atoms with Crippen LogP contribution in [-0.2, 0) is 13.2 Å². The molecule has 3 rings (SSSR count). The number of benzene rings is 2. The predicted octanol–water partition coefficient (Wildman–Crippen LogP) is 4.13. The predicted molar refractivity (Wildman–Crippen MR) is 117 cm³/mol. The van der Waals surface area contributed by atoms with Crippen molar-refractivity contribution < 1.29 is 14.6 Å². The van der Waals surface area contributed by atoms with E-state index in [1.165, 1.54) is 12.8 Å². The molecule has 5 nitrogen and oxygen atoms in total. The maximum Gasteiger partial charge on any atom is 0.161 e. The Morgan fingerprint density at radius 2 is 1.90 bits per heavy atom. The second kappa shape index (κ2) is 11.0. The van der Waals surface area contributed by atoms with E-state index in [0.717, 1.165) is 30.8 Å². The summed E-state index contributed by atoms with van der Waals surface area (Å²) in [4.78, 5) is 2.31. The van der Waals surface area contributed by atoms with Gasteiger partial charge in [-0.25, -0.2) is 0 Å². The number of methoxy groups -OCH3 is 1. The van der Waals surface area contributed by atoms with Crippen molar-refractivity contribution in [2.45, 2.75) is 32.1 Å². The highest BCUT2D eigenvalue weighted by Crippen LogP contribution is 2.30. The number of halogens is 2. The van der Waals surface area contributed by atoms with Crippen LogP contribution in [0, 0.1) is 0 Å². The summed E-state index contributed by atoms with van der Waals surface area (Å²) >= 11 is 12.1. The van der Waals surface area contributed by atoms with Gasteiger partial charge < -0.3 is 24.8 Å². The van der Waals surface area contributed by atoms with Crippen molar-refractivity contribution >= 4 is 23.2 Å². The van der Waals surface area contributed by atoms with Gasteiger partial charge in [-0.3, -0.25) is 0 Å². The molecule has 1 unspecified atom stereocenters. The van der Waals surface area contributed by atoms with E-state index in [1.54, 1.807) is 19.2 Å². The molecule has 2 aromatic rings. The van der Waals surface area contributed by atoms with Crippen LogP contribution in [0.3, 0.4) is 0 Å². The Morgan fingerprint density at radius 3 is 2.62 bits per heavy atom. The molecule has 158 valence electrons. The fourth-order valence-electron chi connectivity index (χ4n) is 3.45. The number of ether oxygens (including phenoxy) is 2. The molecule has 0 radical (unpaired) electrons. The van der Waals surface area contributed by atoms with E-state index in [9.17, 15) is 5.11 Å².